The van der Waals surface area contributed by atoms with Crippen molar-refractivity contribution in [3.63, 3.8) is 0 Å². The molecule has 0 unspecified atom stereocenters. The van der Waals surface area contributed by atoms with Crippen LogP contribution in [0.4, 0.5) is 10.1 Å². The minimum absolute atomic E-state index is 0.359. The Morgan fingerprint density at radius 2 is 2.00 bits per heavy atom. The predicted molar refractivity (Wildman–Crippen MR) is 81.1 cm³/mol. The minimum Gasteiger partial charge on any atom is -0.493 e. The van der Waals surface area contributed by atoms with Crippen LogP contribution in [0.3, 0.4) is 0 Å². The number of imidazole rings is 1. The van der Waals surface area contributed by atoms with Crippen LogP contribution in [0, 0.1) is 0 Å². The molecule has 2 heterocycles. The topological polar surface area (TPSA) is 52.5 Å². The Kier molecular flexibility index (Phi) is 3.73. The summed E-state index contributed by atoms with van der Waals surface area (Å²) >= 11 is 0. The molecule has 0 bridgehead atoms. The summed E-state index contributed by atoms with van der Waals surface area (Å²) in [5.41, 5.74) is 9.12. The maximum Gasteiger partial charge on any atom is 0.139 e. The third-order valence-electron chi connectivity index (χ3n) is 3.18. The third kappa shape index (κ3) is 2.97. The van der Waals surface area contributed by atoms with Gasteiger partial charge in [-0.2, -0.15) is 0 Å². The molecule has 0 saturated carbocycles. The molecule has 2 N–H and O–H groups in total. The molecule has 0 aliphatic rings. The van der Waals surface area contributed by atoms with Crippen molar-refractivity contribution in [1.82, 2.24) is 9.38 Å². The lowest BCUT2D eigenvalue weighted by atomic mass is 10.2. The second-order valence-corrected chi connectivity index (χ2v) is 4.77. The molecule has 3 rings (SSSR count). The Hall–Kier alpha value is -2.56. The second kappa shape index (κ2) is 5.83. The van der Waals surface area contributed by atoms with E-state index in [1.54, 1.807) is 0 Å². The molecule has 0 aliphatic carbocycles. The molecule has 0 spiro atoms. The van der Waals surface area contributed by atoms with Crippen molar-refractivity contribution < 1.29 is 9.13 Å². The van der Waals surface area contributed by atoms with Gasteiger partial charge in [0.05, 0.1) is 19.0 Å². The van der Waals surface area contributed by atoms with Crippen LogP contribution in [0.25, 0.3) is 16.9 Å². The molecule has 0 aliphatic heterocycles. The molecular weight excluding hydrogens is 269 g/mol. The van der Waals surface area contributed by atoms with Crippen molar-refractivity contribution >= 4 is 11.3 Å². The fourth-order valence-electron chi connectivity index (χ4n) is 2.10. The summed E-state index contributed by atoms with van der Waals surface area (Å²) in [6.45, 7) is 0.0337. The summed E-state index contributed by atoms with van der Waals surface area (Å²) in [6, 6.07) is 11.3. The highest BCUT2D eigenvalue weighted by Gasteiger charge is 2.05. The molecule has 5 heteroatoms. The van der Waals surface area contributed by atoms with E-state index in [2.05, 4.69) is 4.98 Å². The summed E-state index contributed by atoms with van der Waals surface area (Å²) in [7, 11) is 0. The highest BCUT2D eigenvalue weighted by molar-refractivity contribution is 5.65. The number of alkyl halides is 1. The first-order valence-corrected chi connectivity index (χ1v) is 6.80. The normalized spacial score (nSPS) is 10.9. The Labute approximate surface area is 122 Å². The van der Waals surface area contributed by atoms with Gasteiger partial charge in [0.1, 0.15) is 11.4 Å². The lowest BCUT2D eigenvalue weighted by Gasteiger charge is -2.04. The fourth-order valence-corrected chi connectivity index (χ4v) is 2.10. The number of nitrogens with zero attached hydrogens (tertiary/aromatic N) is 2. The van der Waals surface area contributed by atoms with Crippen LogP contribution in [0.15, 0.2) is 48.8 Å². The van der Waals surface area contributed by atoms with Gasteiger partial charge in [-0.3, -0.25) is 4.39 Å². The zero-order chi connectivity index (χ0) is 14.7. The molecule has 0 saturated heterocycles. The van der Waals surface area contributed by atoms with E-state index in [1.165, 1.54) is 0 Å². The largest absolute Gasteiger partial charge is 0.493 e. The number of ether oxygens (including phenoxy) is 1. The Bertz CT molecular complexity index is 737. The zero-order valence-electron chi connectivity index (χ0n) is 11.5. The monoisotopic (exact) mass is 285 g/mol. The molecule has 0 amide bonds. The van der Waals surface area contributed by atoms with Crippen molar-refractivity contribution in [3.05, 3.63) is 48.8 Å². The van der Waals surface area contributed by atoms with Crippen LogP contribution in [-0.4, -0.2) is 22.7 Å². The number of nitrogens with two attached hydrogens (primary N) is 1. The van der Waals surface area contributed by atoms with Crippen LogP contribution < -0.4 is 10.5 Å². The van der Waals surface area contributed by atoms with Crippen LogP contribution in [0.2, 0.25) is 0 Å². The van der Waals surface area contributed by atoms with Crippen molar-refractivity contribution in [1.29, 1.82) is 0 Å². The van der Waals surface area contributed by atoms with Crippen molar-refractivity contribution in [3.8, 4) is 17.0 Å². The molecule has 0 fully saturated rings. The highest BCUT2D eigenvalue weighted by atomic mass is 19.1. The van der Waals surface area contributed by atoms with Crippen LogP contribution in [-0.2, 0) is 0 Å². The van der Waals surface area contributed by atoms with Gasteiger partial charge in [-0.05, 0) is 30.3 Å². The summed E-state index contributed by atoms with van der Waals surface area (Å²) < 4.78 is 19.4. The van der Waals surface area contributed by atoms with E-state index in [-0.39, 0.29) is 6.67 Å². The maximum absolute atomic E-state index is 12.0. The summed E-state index contributed by atoms with van der Waals surface area (Å²) in [5, 5.41) is 0. The molecule has 2 aromatic heterocycles. The SMILES string of the molecule is Nc1ccn2cc(-c3ccc(OCCCF)cc3)nc2c1. The van der Waals surface area contributed by atoms with Crippen molar-refractivity contribution in [2.75, 3.05) is 19.0 Å². The lowest BCUT2D eigenvalue weighted by Crippen LogP contribution is -1.97. The van der Waals surface area contributed by atoms with Crippen LogP contribution >= 0.6 is 0 Å². The predicted octanol–water partition coefficient (Wildman–Crippen LogP) is 3.32. The number of halogens is 1. The van der Waals surface area contributed by atoms with E-state index in [1.807, 2.05) is 53.2 Å². The van der Waals surface area contributed by atoms with Gasteiger partial charge >= 0.3 is 0 Å². The van der Waals surface area contributed by atoms with E-state index in [0.29, 0.717) is 18.7 Å². The number of nitrogen functional groups attached to an aromatic ring is 1. The van der Waals surface area contributed by atoms with Gasteiger partial charge in [-0.1, -0.05) is 0 Å². The van der Waals surface area contributed by atoms with Crippen LogP contribution in [0.1, 0.15) is 6.42 Å². The smallest absolute Gasteiger partial charge is 0.139 e. The number of benzene rings is 1. The first kappa shape index (κ1) is 13.4. The van der Waals surface area contributed by atoms with Gasteiger partial charge in [0.2, 0.25) is 0 Å². The van der Waals surface area contributed by atoms with E-state index >= 15 is 0 Å². The number of aromatic nitrogens is 2. The Balaban J connectivity index is 1.81. The summed E-state index contributed by atoms with van der Waals surface area (Å²) in [5.74, 6) is 0.736. The van der Waals surface area contributed by atoms with E-state index < -0.39 is 0 Å². The van der Waals surface area contributed by atoms with Gasteiger partial charge < -0.3 is 14.9 Å². The first-order valence-electron chi connectivity index (χ1n) is 6.80. The van der Waals surface area contributed by atoms with E-state index in [0.717, 1.165) is 22.7 Å². The van der Waals surface area contributed by atoms with Gasteiger partial charge in [0.15, 0.2) is 0 Å². The number of fused-ring (bicyclic) bond motifs is 1. The molecule has 0 radical (unpaired) electrons. The van der Waals surface area contributed by atoms with E-state index in [4.69, 9.17) is 10.5 Å². The second-order valence-electron chi connectivity index (χ2n) is 4.77. The number of pyridine rings is 1. The van der Waals surface area contributed by atoms with Crippen molar-refractivity contribution in [2.45, 2.75) is 6.42 Å². The summed E-state index contributed by atoms with van der Waals surface area (Å²) in [4.78, 5) is 4.54. The molecule has 1 aromatic carbocycles. The molecule has 0 atom stereocenters. The first-order chi connectivity index (χ1) is 10.3. The quantitative estimate of drug-likeness (QED) is 0.732. The Morgan fingerprint density at radius 1 is 1.19 bits per heavy atom. The number of anilines is 1. The number of hydrogen-bond donors (Lipinski definition) is 1. The van der Waals surface area contributed by atoms with Gasteiger partial charge in [-0.25, -0.2) is 4.98 Å². The van der Waals surface area contributed by atoms with Gasteiger partial charge in [0, 0.05) is 36.1 Å². The fraction of sp³-hybridized carbons (Fsp3) is 0.188. The number of hydrogen-bond acceptors (Lipinski definition) is 3. The van der Waals surface area contributed by atoms with E-state index in [9.17, 15) is 4.39 Å². The molecule has 108 valence electrons. The van der Waals surface area contributed by atoms with Gasteiger partial charge in [-0.15, -0.1) is 0 Å². The average Bonchev–Trinajstić information content (AvgIpc) is 2.91. The highest BCUT2D eigenvalue weighted by Crippen LogP contribution is 2.23. The van der Waals surface area contributed by atoms with Gasteiger partial charge in [0.25, 0.3) is 0 Å². The van der Waals surface area contributed by atoms with Crippen LogP contribution in [0.5, 0.6) is 5.75 Å². The third-order valence-corrected chi connectivity index (χ3v) is 3.18. The molecule has 3 aromatic rings. The molecule has 21 heavy (non-hydrogen) atoms. The number of rotatable bonds is 5. The lowest BCUT2D eigenvalue weighted by molar-refractivity contribution is 0.289. The minimum atomic E-state index is -0.359. The zero-order valence-corrected chi connectivity index (χ0v) is 11.5. The molecular formula is C16H16FN3O. The summed E-state index contributed by atoms with van der Waals surface area (Å²) in [6.07, 6.45) is 4.25. The maximum atomic E-state index is 12.0. The Morgan fingerprint density at radius 3 is 2.76 bits per heavy atom. The standard InChI is InChI=1S/C16H16FN3O/c17-7-1-9-21-14-4-2-12(3-5-14)15-11-20-8-6-13(18)10-16(20)19-15/h2-6,8,10-11H,1,7,9,18H2. The van der Waals surface area contributed by atoms with Crippen molar-refractivity contribution in [2.24, 2.45) is 0 Å². The average molecular weight is 285 g/mol. The molecule has 4 nitrogen and oxygen atoms in total.